The number of hydrogen-bond acceptors (Lipinski definition) is 6. The predicted octanol–water partition coefficient (Wildman–Crippen LogP) is 1.55. The van der Waals surface area contributed by atoms with Crippen LogP contribution in [-0.2, 0) is 20.0 Å². The van der Waals surface area contributed by atoms with Crippen LogP contribution in [0.25, 0.3) is 5.65 Å². The molecule has 0 aliphatic carbocycles. The highest BCUT2D eigenvalue weighted by Crippen LogP contribution is 2.28. The van der Waals surface area contributed by atoms with Gasteiger partial charge >= 0.3 is 5.69 Å². The summed E-state index contributed by atoms with van der Waals surface area (Å²) in [5.41, 5.74) is 2.07. The van der Waals surface area contributed by atoms with Crippen LogP contribution in [0.1, 0.15) is 18.3 Å². The standard InChI is InChI=1S/C13H15N7O2/c1-3-10-12(20(21)22)13(18(2)17-10)15-8-9-4-6-14-11-5-7-16-19(9)11/h4-7,15H,3,8H2,1-2H3. The maximum absolute atomic E-state index is 11.3. The van der Waals surface area contributed by atoms with Gasteiger partial charge in [-0.3, -0.25) is 10.1 Å². The van der Waals surface area contributed by atoms with Crippen molar-refractivity contribution in [2.45, 2.75) is 19.9 Å². The fourth-order valence-electron chi connectivity index (χ4n) is 2.39. The maximum atomic E-state index is 11.3. The summed E-state index contributed by atoms with van der Waals surface area (Å²) in [6, 6.07) is 3.61. The predicted molar refractivity (Wildman–Crippen MR) is 79.6 cm³/mol. The fraction of sp³-hybridized carbons (Fsp3) is 0.308. The number of fused-ring (bicyclic) bond motifs is 1. The molecule has 1 N–H and O–H groups in total. The van der Waals surface area contributed by atoms with E-state index in [1.165, 1.54) is 4.68 Å². The van der Waals surface area contributed by atoms with Crippen molar-refractivity contribution in [1.82, 2.24) is 24.4 Å². The molecule has 9 heteroatoms. The van der Waals surface area contributed by atoms with Gasteiger partial charge in [0.25, 0.3) is 0 Å². The number of aromatic nitrogens is 5. The van der Waals surface area contributed by atoms with Crippen molar-refractivity contribution < 1.29 is 4.92 Å². The van der Waals surface area contributed by atoms with Crippen LogP contribution in [0.4, 0.5) is 11.5 Å². The summed E-state index contributed by atoms with van der Waals surface area (Å²) in [4.78, 5) is 15.1. The zero-order valence-electron chi connectivity index (χ0n) is 12.2. The minimum absolute atomic E-state index is 0.0239. The average Bonchev–Trinajstić information content (AvgIpc) is 3.09. The molecule has 0 atom stereocenters. The van der Waals surface area contributed by atoms with Crippen molar-refractivity contribution >= 4 is 17.2 Å². The minimum atomic E-state index is -0.399. The molecule has 3 heterocycles. The lowest BCUT2D eigenvalue weighted by atomic mass is 10.3. The average molecular weight is 301 g/mol. The van der Waals surface area contributed by atoms with Gasteiger partial charge in [-0.05, 0) is 12.5 Å². The van der Waals surface area contributed by atoms with Crippen LogP contribution in [0.15, 0.2) is 24.5 Å². The second-order valence-corrected chi connectivity index (χ2v) is 4.77. The Morgan fingerprint density at radius 1 is 1.36 bits per heavy atom. The lowest BCUT2D eigenvalue weighted by molar-refractivity contribution is -0.384. The first-order valence-corrected chi connectivity index (χ1v) is 6.83. The van der Waals surface area contributed by atoms with E-state index in [4.69, 9.17) is 0 Å². The third kappa shape index (κ3) is 2.26. The molecular formula is C13H15N7O2. The van der Waals surface area contributed by atoms with Gasteiger partial charge in [-0.15, -0.1) is 0 Å². The van der Waals surface area contributed by atoms with E-state index in [1.54, 1.807) is 30.0 Å². The number of aryl methyl sites for hydroxylation is 2. The summed E-state index contributed by atoms with van der Waals surface area (Å²) in [6.07, 6.45) is 3.85. The Morgan fingerprint density at radius 2 is 2.18 bits per heavy atom. The molecule has 0 spiro atoms. The van der Waals surface area contributed by atoms with Crippen molar-refractivity contribution in [3.63, 3.8) is 0 Å². The van der Waals surface area contributed by atoms with Crippen molar-refractivity contribution in [3.8, 4) is 0 Å². The molecule has 114 valence electrons. The summed E-state index contributed by atoms with van der Waals surface area (Å²) in [6.45, 7) is 2.22. The van der Waals surface area contributed by atoms with Crippen LogP contribution in [0, 0.1) is 10.1 Å². The van der Waals surface area contributed by atoms with Crippen molar-refractivity contribution in [2.24, 2.45) is 7.05 Å². The summed E-state index contributed by atoms with van der Waals surface area (Å²) in [7, 11) is 1.69. The molecular weight excluding hydrogens is 286 g/mol. The van der Waals surface area contributed by atoms with Gasteiger partial charge in [0, 0.05) is 19.3 Å². The van der Waals surface area contributed by atoms with Crippen LogP contribution in [-0.4, -0.2) is 29.3 Å². The van der Waals surface area contributed by atoms with E-state index in [1.807, 2.05) is 13.0 Å². The quantitative estimate of drug-likeness (QED) is 0.566. The third-order valence-electron chi connectivity index (χ3n) is 3.41. The lowest BCUT2D eigenvalue weighted by Crippen LogP contribution is -2.10. The summed E-state index contributed by atoms with van der Waals surface area (Å²) < 4.78 is 3.19. The van der Waals surface area contributed by atoms with Crippen LogP contribution in [0.2, 0.25) is 0 Å². The Hall–Kier alpha value is -2.97. The van der Waals surface area contributed by atoms with Crippen LogP contribution >= 0.6 is 0 Å². The molecule has 0 unspecified atom stereocenters. The zero-order chi connectivity index (χ0) is 15.7. The van der Waals surface area contributed by atoms with Gasteiger partial charge in [-0.2, -0.15) is 10.2 Å². The minimum Gasteiger partial charge on any atom is -0.359 e. The molecule has 3 aromatic heterocycles. The lowest BCUT2D eigenvalue weighted by Gasteiger charge is -2.07. The number of hydrogen-bond donors (Lipinski definition) is 1. The molecule has 0 bridgehead atoms. The molecule has 22 heavy (non-hydrogen) atoms. The summed E-state index contributed by atoms with van der Waals surface area (Å²) in [5, 5.41) is 22.8. The van der Waals surface area contributed by atoms with E-state index >= 15 is 0 Å². The topological polar surface area (TPSA) is 103 Å². The van der Waals surface area contributed by atoms with E-state index in [0.717, 1.165) is 11.3 Å². The summed E-state index contributed by atoms with van der Waals surface area (Å²) in [5.74, 6) is 0.388. The number of rotatable bonds is 5. The van der Waals surface area contributed by atoms with Crippen LogP contribution < -0.4 is 5.32 Å². The van der Waals surface area contributed by atoms with Gasteiger partial charge in [0.2, 0.25) is 5.82 Å². The first-order valence-electron chi connectivity index (χ1n) is 6.83. The number of anilines is 1. The molecule has 0 radical (unpaired) electrons. The van der Waals surface area contributed by atoms with Gasteiger partial charge in [0.15, 0.2) is 5.65 Å². The molecule has 0 aliphatic rings. The van der Waals surface area contributed by atoms with Crippen LogP contribution in [0.5, 0.6) is 0 Å². The number of nitrogens with one attached hydrogen (secondary N) is 1. The van der Waals surface area contributed by atoms with Crippen molar-refractivity contribution in [2.75, 3.05) is 5.32 Å². The van der Waals surface area contributed by atoms with E-state index in [9.17, 15) is 10.1 Å². The molecule has 0 fully saturated rings. The SMILES string of the molecule is CCc1nn(C)c(NCc2ccnc3ccnn23)c1[N+](=O)[O-]. The van der Waals surface area contributed by atoms with Gasteiger partial charge in [-0.1, -0.05) is 6.92 Å². The number of nitro groups is 1. The zero-order valence-corrected chi connectivity index (χ0v) is 12.2. The van der Waals surface area contributed by atoms with E-state index < -0.39 is 4.92 Å². The maximum Gasteiger partial charge on any atom is 0.333 e. The van der Waals surface area contributed by atoms with E-state index in [2.05, 4.69) is 20.5 Å². The second kappa shape index (κ2) is 5.43. The van der Waals surface area contributed by atoms with Crippen molar-refractivity contribution in [3.05, 3.63) is 46.0 Å². The van der Waals surface area contributed by atoms with E-state index in [0.29, 0.717) is 24.5 Å². The number of nitrogens with zero attached hydrogens (tertiary/aromatic N) is 6. The Kier molecular flexibility index (Phi) is 3.45. The normalized spacial score (nSPS) is 11.0. The van der Waals surface area contributed by atoms with Crippen LogP contribution in [0.3, 0.4) is 0 Å². The van der Waals surface area contributed by atoms with Gasteiger partial charge in [0.05, 0.1) is 23.4 Å². The first-order chi connectivity index (χ1) is 10.6. The molecule has 3 rings (SSSR count). The smallest absolute Gasteiger partial charge is 0.333 e. The summed E-state index contributed by atoms with van der Waals surface area (Å²) >= 11 is 0. The molecule has 9 nitrogen and oxygen atoms in total. The first kappa shape index (κ1) is 14.0. The van der Waals surface area contributed by atoms with Gasteiger partial charge < -0.3 is 5.32 Å². The van der Waals surface area contributed by atoms with Crippen molar-refractivity contribution in [1.29, 1.82) is 0 Å². The molecule has 0 amide bonds. The third-order valence-corrected chi connectivity index (χ3v) is 3.41. The molecule has 3 aromatic rings. The highest BCUT2D eigenvalue weighted by Gasteiger charge is 2.25. The molecule has 0 aliphatic heterocycles. The highest BCUT2D eigenvalue weighted by atomic mass is 16.6. The second-order valence-electron chi connectivity index (χ2n) is 4.77. The van der Waals surface area contributed by atoms with Gasteiger partial charge in [-0.25, -0.2) is 14.2 Å². The van der Waals surface area contributed by atoms with Gasteiger partial charge in [0.1, 0.15) is 5.69 Å². The monoisotopic (exact) mass is 301 g/mol. The highest BCUT2D eigenvalue weighted by molar-refractivity contribution is 5.60. The molecule has 0 aromatic carbocycles. The van der Waals surface area contributed by atoms with E-state index in [-0.39, 0.29) is 5.69 Å². The Morgan fingerprint density at radius 3 is 2.91 bits per heavy atom. The largest absolute Gasteiger partial charge is 0.359 e. The Bertz CT molecular complexity index is 836. The molecule has 0 saturated carbocycles. The molecule has 0 saturated heterocycles. The Balaban J connectivity index is 1.92. The Labute approximate surface area is 125 Å². The fourth-order valence-corrected chi connectivity index (χ4v) is 2.39.